The number of carbonyl (C=O) groups is 1. The van der Waals surface area contributed by atoms with Gasteiger partial charge in [0.2, 0.25) is 0 Å². The van der Waals surface area contributed by atoms with Crippen molar-refractivity contribution in [1.29, 1.82) is 0 Å². The molecule has 1 heterocycles. The molecule has 1 amide bonds. The fourth-order valence-electron chi connectivity index (χ4n) is 6.64. The number of hydrogen-bond donors (Lipinski definition) is 1. The quantitative estimate of drug-likeness (QED) is 0.0372. The molecule has 5 rings (SSSR count). The summed E-state index contributed by atoms with van der Waals surface area (Å²) in [5.41, 5.74) is 4.01. The van der Waals surface area contributed by atoms with Crippen molar-refractivity contribution in [1.82, 2.24) is 4.90 Å². The molecule has 61 heavy (non-hydrogen) atoms. The van der Waals surface area contributed by atoms with Crippen LogP contribution in [0.4, 0.5) is 4.79 Å². The molecule has 13 heteroatoms. The topological polar surface area (TPSA) is 114 Å². The van der Waals surface area contributed by atoms with Crippen LogP contribution in [0.25, 0.3) is 0 Å². The van der Waals surface area contributed by atoms with E-state index in [9.17, 15) is 9.90 Å². The van der Waals surface area contributed by atoms with E-state index < -0.39 is 34.4 Å². The molecule has 1 fully saturated rings. The first kappa shape index (κ1) is 47.8. The van der Waals surface area contributed by atoms with Crippen LogP contribution in [0.2, 0.25) is 51.4 Å². The molecule has 0 unspecified atom stereocenters. The van der Waals surface area contributed by atoms with Crippen LogP contribution in [-0.2, 0) is 43.5 Å². The maximum absolute atomic E-state index is 12.5. The summed E-state index contributed by atoms with van der Waals surface area (Å²) in [6.45, 7) is 18.4. The second-order valence-corrected chi connectivity index (χ2v) is 29.2. The van der Waals surface area contributed by atoms with Crippen molar-refractivity contribution in [3.63, 3.8) is 0 Å². The van der Waals surface area contributed by atoms with Crippen molar-refractivity contribution in [3.8, 4) is 17.2 Å². The monoisotopic (exact) mass is 873 g/mol. The molecule has 3 atom stereocenters. The molecule has 0 aromatic heterocycles. The van der Waals surface area contributed by atoms with Gasteiger partial charge in [-0.15, -0.1) is 0 Å². The van der Waals surface area contributed by atoms with Gasteiger partial charge < -0.3 is 47.9 Å². The van der Waals surface area contributed by atoms with Gasteiger partial charge >= 0.3 is 6.09 Å². The number of likely N-dealkylation sites (tertiary alicyclic amines) is 1. The normalized spacial score (nSPS) is 17.0. The lowest BCUT2D eigenvalue weighted by Crippen LogP contribution is -2.54. The second kappa shape index (κ2) is 24.4. The zero-order valence-corrected chi connectivity index (χ0v) is 39.0. The van der Waals surface area contributed by atoms with Crippen LogP contribution in [0.3, 0.4) is 0 Å². The number of rotatable bonds is 26. The minimum Gasteiger partial charge on any atom is -0.494 e. The molecule has 1 aliphatic heterocycles. The summed E-state index contributed by atoms with van der Waals surface area (Å²) in [5.74, 6) is 1.91. The molecule has 0 radical (unpaired) electrons. The van der Waals surface area contributed by atoms with E-state index in [2.05, 4.69) is 51.4 Å². The SMILES string of the molecule is C[Si](C)(C)CCOCOc1ccc(CO[C@H]2CN(C(=O)O)C[C@@H](OCc3ccc(OCOCC[Si](C)(C)C)cc3)[C@H]2c2ccc(OCCCOCc3ccccc3)cc2)cc1. The Hall–Kier alpha value is -4.22. The summed E-state index contributed by atoms with van der Waals surface area (Å²) < 4.78 is 48.2. The first-order valence-corrected chi connectivity index (χ1v) is 28.9. The molecule has 0 aliphatic carbocycles. The zero-order valence-electron chi connectivity index (χ0n) is 37.0. The van der Waals surface area contributed by atoms with Gasteiger partial charge in [-0.05, 0) is 70.7 Å². The first-order chi connectivity index (χ1) is 29.3. The number of ether oxygens (including phenoxy) is 8. The molecule has 0 bridgehead atoms. The van der Waals surface area contributed by atoms with Gasteiger partial charge in [0.25, 0.3) is 0 Å². The lowest BCUT2D eigenvalue weighted by molar-refractivity contribution is -0.0937. The lowest BCUT2D eigenvalue weighted by atomic mass is 9.84. The third kappa shape index (κ3) is 18.0. The van der Waals surface area contributed by atoms with E-state index in [0.717, 1.165) is 46.5 Å². The molecule has 4 aromatic rings. The Balaban J connectivity index is 1.22. The Morgan fingerprint density at radius 1 is 0.557 bits per heavy atom. The smallest absolute Gasteiger partial charge is 0.407 e. The zero-order chi connectivity index (χ0) is 43.5. The Kier molecular flexibility index (Phi) is 19.2. The van der Waals surface area contributed by atoms with E-state index in [4.69, 9.17) is 37.9 Å². The van der Waals surface area contributed by atoms with Crippen LogP contribution in [0.15, 0.2) is 103 Å². The standard InChI is InChI=1S/C48H67NO10Si2/c1-60(2,3)29-27-53-36-58-43-19-13-39(14-20-43)34-56-45-31-49(48(50)51)32-46(57-35-40-15-21-44(22-16-40)59-37-54-28-30-61(4,5)6)47(45)41-17-23-42(24-18-41)55-26-10-25-52-33-38-11-8-7-9-12-38/h7-9,11-24,45-47H,10,25-37H2,1-6H3,(H,50,51)/t45-,46+,47-. The minimum atomic E-state index is -1.17. The number of carboxylic acid groups (broad SMARTS) is 1. The average Bonchev–Trinajstić information content (AvgIpc) is 3.23. The summed E-state index contributed by atoms with van der Waals surface area (Å²) in [6, 6.07) is 35.7. The number of piperidine rings is 1. The molecule has 0 spiro atoms. The summed E-state index contributed by atoms with van der Waals surface area (Å²) in [5, 5.41) is 10.2. The van der Waals surface area contributed by atoms with Crippen LogP contribution < -0.4 is 14.2 Å². The largest absolute Gasteiger partial charge is 0.494 e. The van der Waals surface area contributed by atoms with Crippen LogP contribution in [0, 0.1) is 0 Å². The van der Waals surface area contributed by atoms with Crippen LogP contribution in [-0.4, -0.2) is 97.6 Å². The summed E-state index contributed by atoms with van der Waals surface area (Å²) in [4.78, 5) is 13.9. The van der Waals surface area contributed by atoms with E-state index >= 15 is 0 Å². The molecule has 332 valence electrons. The van der Waals surface area contributed by atoms with E-state index in [1.54, 1.807) is 0 Å². The van der Waals surface area contributed by atoms with Crippen LogP contribution in [0.1, 0.15) is 34.6 Å². The van der Waals surface area contributed by atoms with Crippen molar-refractivity contribution in [2.24, 2.45) is 0 Å². The highest BCUT2D eigenvalue weighted by molar-refractivity contribution is 6.76. The fraction of sp³-hybridized carbons (Fsp3) is 0.479. The molecule has 4 aromatic carbocycles. The number of hydrogen-bond acceptors (Lipinski definition) is 9. The van der Waals surface area contributed by atoms with E-state index in [1.807, 2.05) is 91.0 Å². The maximum atomic E-state index is 12.5. The van der Waals surface area contributed by atoms with Gasteiger partial charge in [-0.25, -0.2) is 4.79 Å². The van der Waals surface area contributed by atoms with Gasteiger partial charge in [-0.2, -0.15) is 0 Å². The summed E-state index contributed by atoms with van der Waals surface area (Å²) >= 11 is 0. The average molecular weight is 874 g/mol. The van der Waals surface area contributed by atoms with Crippen molar-refractivity contribution < 1.29 is 47.8 Å². The molecule has 0 saturated carbocycles. The fourth-order valence-corrected chi connectivity index (χ4v) is 8.15. The van der Waals surface area contributed by atoms with E-state index in [1.165, 1.54) is 4.90 Å². The summed E-state index contributed by atoms with van der Waals surface area (Å²) in [6.07, 6.45) is -1.24. The van der Waals surface area contributed by atoms with Crippen molar-refractivity contribution in [2.75, 3.05) is 53.1 Å². The molecule has 1 saturated heterocycles. The highest BCUT2D eigenvalue weighted by Gasteiger charge is 2.41. The predicted molar refractivity (Wildman–Crippen MR) is 244 cm³/mol. The van der Waals surface area contributed by atoms with E-state index in [0.29, 0.717) is 44.5 Å². The Labute approximate surface area is 365 Å². The Bertz CT molecular complexity index is 1750. The first-order valence-electron chi connectivity index (χ1n) is 21.5. The third-order valence-electron chi connectivity index (χ3n) is 10.3. The van der Waals surface area contributed by atoms with E-state index in [-0.39, 0.29) is 45.8 Å². The van der Waals surface area contributed by atoms with Crippen molar-refractivity contribution in [3.05, 3.63) is 125 Å². The maximum Gasteiger partial charge on any atom is 0.407 e. The molecule has 1 N–H and O–H groups in total. The predicted octanol–water partition coefficient (Wildman–Crippen LogP) is 10.3. The van der Waals surface area contributed by atoms with Gasteiger partial charge in [0.05, 0.1) is 58.3 Å². The van der Waals surface area contributed by atoms with Gasteiger partial charge in [0.1, 0.15) is 17.2 Å². The summed E-state index contributed by atoms with van der Waals surface area (Å²) in [7, 11) is -2.33. The van der Waals surface area contributed by atoms with Crippen molar-refractivity contribution in [2.45, 2.75) is 95.7 Å². The molecular formula is C48H67NO10Si2. The van der Waals surface area contributed by atoms with Crippen LogP contribution >= 0.6 is 0 Å². The highest BCUT2D eigenvalue weighted by atomic mass is 28.3. The molecule has 1 aliphatic rings. The Morgan fingerprint density at radius 2 is 1.02 bits per heavy atom. The number of nitrogens with zero attached hydrogens (tertiary/aromatic N) is 1. The number of benzene rings is 4. The lowest BCUT2D eigenvalue weighted by Gasteiger charge is -2.42. The number of amides is 1. The van der Waals surface area contributed by atoms with Crippen LogP contribution in [0.5, 0.6) is 17.2 Å². The second-order valence-electron chi connectivity index (χ2n) is 18.0. The molecule has 11 nitrogen and oxygen atoms in total. The van der Waals surface area contributed by atoms with Gasteiger partial charge in [0.15, 0.2) is 13.6 Å². The van der Waals surface area contributed by atoms with Crippen molar-refractivity contribution >= 4 is 22.2 Å². The minimum absolute atomic E-state index is 0.198. The third-order valence-corrected chi connectivity index (χ3v) is 13.7. The van der Waals surface area contributed by atoms with Gasteiger partial charge in [-0.3, -0.25) is 0 Å². The Morgan fingerprint density at radius 3 is 1.49 bits per heavy atom. The van der Waals surface area contributed by atoms with Gasteiger partial charge in [0, 0.05) is 41.7 Å². The molecular weight excluding hydrogens is 807 g/mol. The van der Waals surface area contributed by atoms with Gasteiger partial charge in [-0.1, -0.05) is 106 Å². The highest BCUT2D eigenvalue weighted by Crippen LogP contribution is 2.35.